The average Bonchev–Trinajstić information content (AvgIpc) is 3.19. The zero-order chi connectivity index (χ0) is 43.6. The largest absolute Gasteiger partial charge is 0.472 e. The molecule has 354 valence electrons. The van der Waals surface area contributed by atoms with E-state index in [9.17, 15) is 19.4 Å². The van der Waals surface area contributed by atoms with E-state index in [1.807, 2.05) is 21.1 Å². The summed E-state index contributed by atoms with van der Waals surface area (Å²) in [5, 5.41) is 13.8. The Hall–Kier alpha value is -0.500. The Morgan fingerprint density at radius 3 is 1.14 bits per heavy atom. The number of carbonyl (C=O) groups excluding carboxylic acids is 1. The second-order valence-corrected chi connectivity index (χ2v) is 20.7. The number of phosphoric ester groups is 1. The van der Waals surface area contributed by atoms with Crippen LogP contribution in [-0.4, -0.2) is 73.4 Å². The van der Waals surface area contributed by atoms with Gasteiger partial charge in [-0.1, -0.05) is 245 Å². The summed E-state index contributed by atoms with van der Waals surface area (Å²) in [5.74, 6) is -0.145. The van der Waals surface area contributed by atoms with Gasteiger partial charge in [0.05, 0.1) is 39.9 Å². The predicted molar refractivity (Wildman–Crippen MR) is 254 cm³/mol. The first-order valence-corrected chi connectivity index (χ1v) is 27.4. The van der Waals surface area contributed by atoms with E-state index >= 15 is 0 Å². The van der Waals surface area contributed by atoms with Crippen molar-refractivity contribution in [1.82, 2.24) is 5.32 Å². The van der Waals surface area contributed by atoms with Crippen molar-refractivity contribution in [2.45, 2.75) is 276 Å². The van der Waals surface area contributed by atoms with Crippen molar-refractivity contribution in [1.29, 1.82) is 0 Å². The highest BCUT2D eigenvalue weighted by atomic mass is 31.2. The number of nitrogens with one attached hydrogen (secondary N) is 1. The van der Waals surface area contributed by atoms with E-state index in [2.05, 4.69) is 19.2 Å². The highest BCUT2D eigenvalue weighted by Crippen LogP contribution is 2.43. The molecule has 0 saturated heterocycles. The van der Waals surface area contributed by atoms with Gasteiger partial charge in [0, 0.05) is 6.42 Å². The Balaban J connectivity index is 3.73. The smallest absolute Gasteiger partial charge is 0.391 e. The van der Waals surface area contributed by atoms with E-state index in [0.717, 1.165) is 51.4 Å². The van der Waals surface area contributed by atoms with Crippen molar-refractivity contribution in [2.75, 3.05) is 40.9 Å². The number of hydrogen-bond donors (Lipinski definition) is 3. The van der Waals surface area contributed by atoms with Crippen LogP contribution in [-0.2, 0) is 18.4 Å². The number of phosphoric acid groups is 1. The molecule has 3 unspecified atom stereocenters. The molecule has 0 aromatic heterocycles. The molecule has 59 heavy (non-hydrogen) atoms. The number of aliphatic hydroxyl groups excluding tert-OH is 1. The van der Waals surface area contributed by atoms with Crippen LogP contribution in [0.1, 0.15) is 264 Å². The van der Waals surface area contributed by atoms with Crippen LogP contribution in [0.5, 0.6) is 0 Å². The summed E-state index contributed by atoms with van der Waals surface area (Å²) in [7, 11) is 1.62. The van der Waals surface area contributed by atoms with Gasteiger partial charge in [-0.15, -0.1) is 0 Å². The third kappa shape index (κ3) is 45.3. The maximum absolute atomic E-state index is 12.8. The van der Waals surface area contributed by atoms with Crippen LogP contribution in [0.3, 0.4) is 0 Å². The summed E-state index contributed by atoms with van der Waals surface area (Å²) in [4.78, 5) is 23.0. The minimum Gasteiger partial charge on any atom is -0.391 e. The van der Waals surface area contributed by atoms with Gasteiger partial charge in [-0.25, -0.2) is 4.57 Å². The van der Waals surface area contributed by atoms with Crippen LogP contribution in [0.2, 0.25) is 0 Å². The van der Waals surface area contributed by atoms with Gasteiger partial charge in [-0.2, -0.15) is 0 Å². The number of likely N-dealkylation sites (N-methyl/N-ethyl adjacent to an activating group) is 1. The molecule has 8 nitrogen and oxygen atoms in total. The summed E-state index contributed by atoms with van der Waals surface area (Å²) in [6.07, 6.45) is 49.4. The molecule has 0 aromatic carbocycles. The van der Waals surface area contributed by atoms with Crippen LogP contribution >= 0.6 is 7.82 Å². The lowest BCUT2D eigenvalue weighted by atomic mass is 10.0. The number of carbonyl (C=O) groups is 1. The number of unbranched alkanes of at least 4 members (excludes halogenated alkanes) is 35. The third-order valence-electron chi connectivity index (χ3n) is 12.1. The Kier molecular flexibility index (Phi) is 42.4. The lowest BCUT2D eigenvalue weighted by molar-refractivity contribution is -0.870. The van der Waals surface area contributed by atoms with Crippen LogP contribution in [0.4, 0.5) is 0 Å². The van der Waals surface area contributed by atoms with Gasteiger partial charge in [0.2, 0.25) is 5.91 Å². The molecule has 9 heteroatoms. The minimum atomic E-state index is -4.29. The summed E-state index contributed by atoms with van der Waals surface area (Å²) in [5.41, 5.74) is 0. The molecule has 3 atom stereocenters. The van der Waals surface area contributed by atoms with Crippen LogP contribution in [0, 0.1) is 0 Å². The molecule has 0 saturated carbocycles. The lowest BCUT2D eigenvalue weighted by Gasteiger charge is -2.26. The Bertz CT molecular complexity index is 932. The molecule has 0 spiro atoms. The van der Waals surface area contributed by atoms with Crippen molar-refractivity contribution in [3.63, 3.8) is 0 Å². The van der Waals surface area contributed by atoms with Crippen molar-refractivity contribution in [3.8, 4) is 0 Å². The number of hydrogen-bond acceptors (Lipinski definition) is 5. The molecule has 0 aliphatic heterocycles. The summed E-state index contributed by atoms with van der Waals surface area (Å²) in [6, 6.07) is -0.750. The molecular weight excluding hydrogens is 756 g/mol. The Morgan fingerprint density at radius 2 is 0.814 bits per heavy atom. The molecular formula is C50H104N2O6P+. The van der Waals surface area contributed by atoms with Gasteiger partial charge in [0.1, 0.15) is 13.2 Å². The van der Waals surface area contributed by atoms with E-state index in [-0.39, 0.29) is 19.1 Å². The Morgan fingerprint density at radius 1 is 0.508 bits per heavy atom. The first kappa shape index (κ1) is 58.5. The molecule has 0 radical (unpaired) electrons. The van der Waals surface area contributed by atoms with E-state index in [0.29, 0.717) is 23.9 Å². The maximum Gasteiger partial charge on any atom is 0.472 e. The van der Waals surface area contributed by atoms with Crippen molar-refractivity contribution in [3.05, 3.63) is 0 Å². The standard InChI is InChI=1S/C50H103N2O6P/c1-6-8-10-12-13-14-15-16-17-18-19-20-21-22-23-24-25-26-27-28-29-30-31-32-33-34-35-36-37-38-40-42-44-50(54)51-48(49(53)43-41-39-11-9-7-2)47-58-59(55,56)57-46-45-52(3,4)5/h48-49,53H,6-47H2,1-5H3,(H-,51,54,55,56)/p+1. The average molecular weight is 860 g/mol. The first-order valence-electron chi connectivity index (χ1n) is 25.9. The maximum atomic E-state index is 12.8. The number of rotatable bonds is 48. The Labute approximate surface area is 368 Å². The van der Waals surface area contributed by atoms with Gasteiger partial charge < -0.3 is 19.8 Å². The third-order valence-corrected chi connectivity index (χ3v) is 13.1. The van der Waals surface area contributed by atoms with Crippen LogP contribution < -0.4 is 5.32 Å². The monoisotopic (exact) mass is 860 g/mol. The highest BCUT2D eigenvalue weighted by molar-refractivity contribution is 7.47. The van der Waals surface area contributed by atoms with Crippen LogP contribution in [0.25, 0.3) is 0 Å². The fraction of sp³-hybridized carbons (Fsp3) is 0.980. The van der Waals surface area contributed by atoms with Crippen molar-refractivity contribution in [2.24, 2.45) is 0 Å². The number of nitrogens with zero attached hydrogens (tertiary/aromatic N) is 1. The number of amides is 1. The number of aliphatic hydroxyl groups is 1. The minimum absolute atomic E-state index is 0.0774. The van der Waals surface area contributed by atoms with Crippen molar-refractivity contribution >= 4 is 13.7 Å². The SMILES string of the molecule is CCCCCCCCCCCCCCCCCCCCCCCCCCCCCCCCCCC(=O)NC(COP(=O)(O)OCC[N+](C)(C)C)C(O)CCCCCCC. The molecule has 0 fully saturated rings. The highest BCUT2D eigenvalue weighted by Gasteiger charge is 2.28. The fourth-order valence-electron chi connectivity index (χ4n) is 7.99. The molecule has 0 aliphatic rings. The molecule has 0 aliphatic carbocycles. The quantitative estimate of drug-likeness (QED) is 0.0320. The second kappa shape index (κ2) is 42.8. The lowest BCUT2D eigenvalue weighted by Crippen LogP contribution is -2.46. The molecule has 0 heterocycles. The topological polar surface area (TPSA) is 105 Å². The van der Waals surface area contributed by atoms with E-state index < -0.39 is 20.0 Å². The van der Waals surface area contributed by atoms with Crippen LogP contribution in [0.15, 0.2) is 0 Å². The zero-order valence-corrected chi connectivity index (χ0v) is 41.2. The molecule has 0 rings (SSSR count). The van der Waals surface area contributed by atoms with E-state index in [1.165, 1.54) is 186 Å². The fourth-order valence-corrected chi connectivity index (χ4v) is 8.73. The van der Waals surface area contributed by atoms with Gasteiger partial charge in [-0.05, 0) is 12.8 Å². The molecule has 3 N–H and O–H groups in total. The van der Waals surface area contributed by atoms with Gasteiger partial charge in [0.25, 0.3) is 0 Å². The van der Waals surface area contributed by atoms with Gasteiger partial charge >= 0.3 is 7.82 Å². The normalized spacial score (nSPS) is 14.1. The molecule has 0 bridgehead atoms. The molecule has 1 amide bonds. The van der Waals surface area contributed by atoms with Crippen molar-refractivity contribution < 1.29 is 32.9 Å². The van der Waals surface area contributed by atoms with E-state index in [4.69, 9.17) is 9.05 Å². The molecule has 0 aromatic rings. The summed E-state index contributed by atoms with van der Waals surface area (Å²) >= 11 is 0. The number of quaternary nitrogens is 1. The van der Waals surface area contributed by atoms with Gasteiger partial charge in [0.15, 0.2) is 0 Å². The zero-order valence-electron chi connectivity index (χ0n) is 40.3. The predicted octanol–water partition coefficient (Wildman–Crippen LogP) is 14.9. The van der Waals surface area contributed by atoms with Gasteiger partial charge in [-0.3, -0.25) is 13.8 Å². The summed E-state index contributed by atoms with van der Waals surface area (Å²) < 4.78 is 23.5. The van der Waals surface area contributed by atoms with E-state index in [1.54, 1.807) is 0 Å². The first-order chi connectivity index (χ1) is 28.5. The summed E-state index contributed by atoms with van der Waals surface area (Å²) in [6.45, 7) is 4.83. The second-order valence-electron chi connectivity index (χ2n) is 19.3.